The van der Waals surface area contributed by atoms with Gasteiger partial charge in [0.25, 0.3) is 5.91 Å². The number of H-pyrrole nitrogens is 1. The van der Waals surface area contributed by atoms with Crippen LogP contribution in [-0.2, 0) is 0 Å². The Kier molecular flexibility index (Phi) is 1.94. The third-order valence-electron chi connectivity index (χ3n) is 2.46. The second-order valence-electron chi connectivity index (χ2n) is 3.53. The maximum absolute atomic E-state index is 11.2. The lowest BCUT2D eigenvalue weighted by Gasteiger charge is -2.01. The molecule has 0 aliphatic heterocycles. The van der Waals surface area contributed by atoms with Crippen LogP contribution in [0.3, 0.4) is 0 Å². The van der Waals surface area contributed by atoms with E-state index in [1.54, 1.807) is 30.7 Å². The lowest BCUT2D eigenvalue weighted by Crippen LogP contribution is -2.13. The number of nitrogens with two attached hydrogens (primary N) is 1. The Morgan fingerprint density at radius 3 is 3.06 bits per heavy atom. The molecule has 0 unspecified atom stereocenters. The van der Waals surface area contributed by atoms with E-state index in [0.29, 0.717) is 11.4 Å². The SMILES string of the molecule is NC(=O)c1cc(-c2ccco2)c2cn[nH]c2n1. The minimum Gasteiger partial charge on any atom is -0.464 e. The number of amides is 1. The first-order valence-electron chi connectivity index (χ1n) is 4.93. The van der Waals surface area contributed by atoms with Gasteiger partial charge in [-0.3, -0.25) is 9.89 Å². The summed E-state index contributed by atoms with van der Waals surface area (Å²) in [6.45, 7) is 0. The fourth-order valence-electron chi connectivity index (χ4n) is 1.69. The molecule has 0 saturated heterocycles. The van der Waals surface area contributed by atoms with E-state index in [0.717, 1.165) is 10.9 Å². The van der Waals surface area contributed by atoms with Gasteiger partial charge < -0.3 is 10.2 Å². The molecular formula is C11H8N4O2. The highest BCUT2D eigenvalue weighted by molar-refractivity contribution is 5.98. The van der Waals surface area contributed by atoms with E-state index in [-0.39, 0.29) is 5.69 Å². The number of fused-ring (bicyclic) bond motifs is 1. The molecule has 0 aliphatic carbocycles. The van der Waals surface area contributed by atoms with Crippen molar-refractivity contribution in [1.29, 1.82) is 0 Å². The van der Waals surface area contributed by atoms with Gasteiger partial charge in [0.2, 0.25) is 0 Å². The van der Waals surface area contributed by atoms with Crippen molar-refractivity contribution in [2.24, 2.45) is 5.73 Å². The first-order chi connectivity index (χ1) is 8.25. The minimum atomic E-state index is -0.589. The van der Waals surface area contributed by atoms with Gasteiger partial charge in [0.15, 0.2) is 5.65 Å². The number of carbonyl (C=O) groups is 1. The lowest BCUT2D eigenvalue weighted by atomic mass is 10.1. The van der Waals surface area contributed by atoms with E-state index in [4.69, 9.17) is 10.2 Å². The number of primary amides is 1. The molecule has 6 heteroatoms. The van der Waals surface area contributed by atoms with Crippen molar-refractivity contribution in [1.82, 2.24) is 15.2 Å². The van der Waals surface area contributed by atoms with Gasteiger partial charge >= 0.3 is 0 Å². The molecule has 3 aromatic heterocycles. The van der Waals surface area contributed by atoms with E-state index in [1.807, 2.05) is 0 Å². The zero-order valence-electron chi connectivity index (χ0n) is 8.68. The summed E-state index contributed by atoms with van der Waals surface area (Å²) < 4.78 is 5.31. The van der Waals surface area contributed by atoms with Crippen LogP contribution in [0.2, 0.25) is 0 Å². The van der Waals surface area contributed by atoms with E-state index >= 15 is 0 Å². The van der Waals surface area contributed by atoms with Crippen molar-refractivity contribution in [2.45, 2.75) is 0 Å². The molecule has 0 spiro atoms. The number of carbonyl (C=O) groups excluding carboxylic acids is 1. The summed E-state index contributed by atoms with van der Waals surface area (Å²) in [5, 5.41) is 7.38. The summed E-state index contributed by atoms with van der Waals surface area (Å²) in [5.41, 5.74) is 6.65. The van der Waals surface area contributed by atoms with Gasteiger partial charge in [0.05, 0.1) is 12.5 Å². The summed E-state index contributed by atoms with van der Waals surface area (Å²) in [7, 11) is 0. The Labute approximate surface area is 95.4 Å². The summed E-state index contributed by atoms with van der Waals surface area (Å²) in [4.78, 5) is 15.3. The topological polar surface area (TPSA) is 97.8 Å². The smallest absolute Gasteiger partial charge is 0.267 e. The summed E-state index contributed by atoms with van der Waals surface area (Å²) >= 11 is 0. The molecule has 84 valence electrons. The molecule has 0 fully saturated rings. The van der Waals surface area contributed by atoms with Gasteiger partial charge in [-0.15, -0.1) is 0 Å². The predicted molar refractivity (Wildman–Crippen MR) is 60.1 cm³/mol. The van der Waals surface area contributed by atoms with Crippen LogP contribution in [0.25, 0.3) is 22.4 Å². The zero-order valence-corrected chi connectivity index (χ0v) is 8.68. The van der Waals surface area contributed by atoms with E-state index in [2.05, 4.69) is 15.2 Å². The van der Waals surface area contributed by atoms with Crippen LogP contribution in [0.4, 0.5) is 0 Å². The van der Waals surface area contributed by atoms with Crippen molar-refractivity contribution in [2.75, 3.05) is 0 Å². The zero-order chi connectivity index (χ0) is 11.8. The van der Waals surface area contributed by atoms with Crippen LogP contribution >= 0.6 is 0 Å². The molecule has 0 aromatic carbocycles. The quantitative estimate of drug-likeness (QED) is 0.691. The number of pyridine rings is 1. The van der Waals surface area contributed by atoms with Crippen molar-refractivity contribution in [3.8, 4) is 11.3 Å². The lowest BCUT2D eigenvalue weighted by molar-refractivity contribution is 0.0996. The van der Waals surface area contributed by atoms with Gasteiger partial charge in [-0.05, 0) is 18.2 Å². The van der Waals surface area contributed by atoms with Crippen molar-refractivity contribution in [3.63, 3.8) is 0 Å². The number of aromatic nitrogens is 3. The largest absolute Gasteiger partial charge is 0.464 e. The number of rotatable bonds is 2. The number of nitrogens with one attached hydrogen (secondary N) is 1. The van der Waals surface area contributed by atoms with Crippen LogP contribution in [0.1, 0.15) is 10.5 Å². The summed E-state index contributed by atoms with van der Waals surface area (Å²) in [6, 6.07) is 5.16. The van der Waals surface area contributed by atoms with Crippen LogP contribution in [0, 0.1) is 0 Å². The molecule has 0 aliphatic rings. The Hall–Kier alpha value is -2.63. The molecular weight excluding hydrogens is 220 g/mol. The molecule has 3 aromatic rings. The fourth-order valence-corrected chi connectivity index (χ4v) is 1.69. The molecule has 0 bridgehead atoms. The van der Waals surface area contributed by atoms with Crippen LogP contribution in [0.15, 0.2) is 35.1 Å². The Bertz CT molecular complexity index is 685. The van der Waals surface area contributed by atoms with Crippen molar-refractivity contribution >= 4 is 16.9 Å². The van der Waals surface area contributed by atoms with Gasteiger partial charge in [0.1, 0.15) is 11.5 Å². The molecule has 0 atom stereocenters. The van der Waals surface area contributed by atoms with Crippen molar-refractivity contribution in [3.05, 3.63) is 36.4 Å². The van der Waals surface area contributed by atoms with E-state index in [1.165, 1.54) is 0 Å². The highest BCUT2D eigenvalue weighted by Crippen LogP contribution is 2.27. The maximum Gasteiger partial charge on any atom is 0.267 e. The Morgan fingerprint density at radius 1 is 1.47 bits per heavy atom. The highest BCUT2D eigenvalue weighted by Gasteiger charge is 2.13. The molecule has 0 radical (unpaired) electrons. The predicted octanol–water partition coefficient (Wildman–Crippen LogP) is 1.32. The molecule has 3 rings (SSSR count). The molecule has 0 saturated carbocycles. The highest BCUT2D eigenvalue weighted by atomic mass is 16.3. The first-order valence-corrected chi connectivity index (χ1v) is 4.93. The average molecular weight is 228 g/mol. The maximum atomic E-state index is 11.2. The van der Waals surface area contributed by atoms with Gasteiger partial charge in [-0.1, -0.05) is 0 Å². The van der Waals surface area contributed by atoms with Gasteiger partial charge in [0, 0.05) is 10.9 Å². The minimum absolute atomic E-state index is 0.174. The number of aromatic amines is 1. The van der Waals surface area contributed by atoms with E-state index < -0.39 is 5.91 Å². The summed E-state index contributed by atoms with van der Waals surface area (Å²) in [6.07, 6.45) is 3.19. The number of nitrogens with zero attached hydrogens (tertiary/aromatic N) is 2. The molecule has 1 amide bonds. The van der Waals surface area contributed by atoms with E-state index in [9.17, 15) is 4.79 Å². The standard InChI is InChI=1S/C11H8N4O2/c12-10(16)8-4-6(9-2-1-3-17-9)7-5-13-15-11(7)14-8/h1-5H,(H2,12,16)(H,13,14,15). The molecule has 3 N–H and O–H groups in total. The van der Waals surface area contributed by atoms with Crippen molar-refractivity contribution < 1.29 is 9.21 Å². The monoisotopic (exact) mass is 228 g/mol. The van der Waals surface area contributed by atoms with Crippen LogP contribution in [-0.4, -0.2) is 21.1 Å². The average Bonchev–Trinajstić information content (AvgIpc) is 2.98. The third kappa shape index (κ3) is 1.46. The van der Waals surface area contributed by atoms with Gasteiger partial charge in [-0.2, -0.15) is 5.10 Å². The first kappa shape index (κ1) is 9.59. The van der Waals surface area contributed by atoms with Gasteiger partial charge in [-0.25, -0.2) is 4.98 Å². The number of hydrogen-bond acceptors (Lipinski definition) is 4. The molecule has 6 nitrogen and oxygen atoms in total. The second kappa shape index (κ2) is 3.44. The second-order valence-corrected chi connectivity index (χ2v) is 3.53. The molecule has 3 heterocycles. The number of furan rings is 1. The van der Waals surface area contributed by atoms with Crippen LogP contribution in [0.5, 0.6) is 0 Å². The normalized spacial score (nSPS) is 10.8. The van der Waals surface area contributed by atoms with Crippen LogP contribution < -0.4 is 5.73 Å². The fraction of sp³-hybridized carbons (Fsp3) is 0. The Balaban J connectivity index is 2.35. The molecule has 17 heavy (non-hydrogen) atoms. The summed E-state index contributed by atoms with van der Waals surface area (Å²) in [5.74, 6) is 0.0515. The Morgan fingerprint density at radius 2 is 2.35 bits per heavy atom. The number of hydrogen-bond donors (Lipinski definition) is 2. The third-order valence-corrected chi connectivity index (χ3v) is 2.46.